The molecule has 2 amide bonds. The summed E-state index contributed by atoms with van der Waals surface area (Å²) < 4.78 is 37.4. The molecule has 1 aliphatic rings. The van der Waals surface area contributed by atoms with Crippen LogP contribution in [0.3, 0.4) is 0 Å². The van der Waals surface area contributed by atoms with Crippen molar-refractivity contribution in [1.29, 1.82) is 0 Å². The van der Waals surface area contributed by atoms with Gasteiger partial charge < -0.3 is 10.2 Å². The zero-order valence-electron chi connectivity index (χ0n) is 16.5. The standard InChI is InChI=1S/C21H23FN2O4S/c1-13(2)14-5-4-6-16(9-14)24-12-15(10-20(24)25)21(26)23-19-11-17(29(3,27)28)7-8-18(19)22/h4-9,11,13,15H,10,12H2,1-3H3,(H,23,26)/t15-/m0/s1. The molecule has 0 bridgehead atoms. The van der Waals surface area contributed by atoms with Crippen LogP contribution in [-0.4, -0.2) is 33.0 Å². The molecule has 0 spiro atoms. The van der Waals surface area contributed by atoms with Gasteiger partial charge in [-0.1, -0.05) is 26.0 Å². The van der Waals surface area contributed by atoms with Crippen LogP contribution in [0.15, 0.2) is 47.4 Å². The molecule has 154 valence electrons. The Labute approximate surface area is 169 Å². The molecule has 1 N–H and O–H groups in total. The minimum absolute atomic E-state index is 0.00508. The first-order valence-corrected chi connectivity index (χ1v) is 11.2. The highest BCUT2D eigenvalue weighted by Crippen LogP contribution is 2.29. The summed E-state index contributed by atoms with van der Waals surface area (Å²) in [5.41, 5.74) is 1.59. The van der Waals surface area contributed by atoms with Crippen molar-refractivity contribution in [3.8, 4) is 0 Å². The Balaban J connectivity index is 1.77. The number of carbonyl (C=O) groups is 2. The number of nitrogens with one attached hydrogen (secondary N) is 1. The van der Waals surface area contributed by atoms with Gasteiger partial charge >= 0.3 is 0 Å². The van der Waals surface area contributed by atoms with Crippen LogP contribution in [-0.2, 0) is 19.4 Å². The van der Waals surface area contributed by atoms with E-state index in [1.54, 1.807) is 4.90 Å². The van der Waals surface area contributed by atoms with Crippen LogP contribution >= 0.6 is 0 Å². The third kappa shape index (κ3) is 4.64. The minimum Gasteiger partial charge on any atom is -0.323 e. The molecule has 2 aromatic rings. The average Bonchev–Trinajstić information content (AvgIpc) is 3.04. The Morgan fingerprint density at radius 3 is 2.59 bits per heavy atom. The third-order valence-corrected chi connectivity index (χ3v) is 6.08. The normalized spacial score (nSPS) is 17.1. The molecule has 8 heteroatoms. The zero-order chi connectivity index (χ0) is 21.3. The third-order valence-electron chi connectivity index (χ3n) is 4.97. The van der Waals surface area contributed by atoms with E-state index in [4.69, 9.17) is 0 Å². The lowest BCUT2D eigenvalue weighted by atomic mass is 10.0. The van der Waals surface area contributed by atoms with Crippen LogP contribution in [0.5, 0.6) is 0 Å². The van der Waals surface area contributed by atoms with Gasteiger partial charge in [-0.05, 0) is 41.8 Å². The van der Waals surface area contributed by atoms with Crippen molar-refractivity contribution in [1.82, 2.24) is 0 Å². The molecule has 6 nitrogen and oxygen atoms in total. The molecule has 0 aliphatic carbocycles. The smallest absolute Gasteiger partial charge is 0.229 e. The topological polar surface area (TPSA) is 83.6 Å². The highest BCUT2D eigenvalue weighted by molar-refractivity contribution is 7.90. The second-order valence-corrected chi connectivity index (χ2v) is 9.57. The van der Waals surface area contributed by atoms with Gasteiger partial charge in [0.2, 0.25) is 11.8 Å². The van der Waals surface area contributed by atoms with Crippen molar-refractivity contribution in [2.24, 2.45) is 5.92 Å². The lowest BCUT2D eigenvalue weighted by Gasteiger charge is -2.18. The molecule has 0 unspecified atom stereocenters. The number of hydrogen-bond acceptors (Lipinski definition) is 4. The lowest BCUT2D eigenvalue weighted by molar-refractivity contribution is -0.122. The number of nitrogens with zero attached hydrogens (tertiary/aromatic N) is 1. The largest absolute Gasteiger partial charge is 0.323 e. The van der Waals surface area contributed by atoms with Crippen LogP contribution < -0.4 is 10.2 Å². The Morgan fingerprint density at radius 2 is 1.93 bits per heavy atom. The van der Waals surface area contributed by atoms with E-state index in [0.717, 1.165) is 35.7 Å². The number of carbonyl (C=O) groups excluding carboxylic acids is 2. The summed E-state index contributed by atoms with van der Waals surface area (Å²) in [4.78, 5) is 26.5. The van der Waals surface area contributed by atoms with Crippen molar-refractivity contribution >= 4 is 33.0 Å². The molecule has 1 heterocycles. The van der Waals surface area contributed by atoms with E-state index in [-0.39, 0.29) is 29.5 Å². The van der Waals surface area contributed by atoms with Crippen LogP contribution in [0.2, 0.25) is 0 Å². The molecule has 1 atom stereocenters. The molecule has 1 saturated heterocycles. The summed E-state index contributed by atoms with van der Waals surface area (Å²) >= 11 is 0. The summed E-state index contributed by atoms with van der Waals surface area (Å²) in [6.07, 6.45) is 1.01. The van der Waals surface area contributed by atoms with E-state index in [1.807, 2.05) is 24.3 Å². The number of anilines is 2. The Hall–Kier alpha value is -2.74. The molecule has 1 fully saturated rings. The second kappa shape index (κ2) is 7.94. The van der Waals surface area contributed by atoms with Gasteiger partial charge in [0.25, 0.3) is 0 Å². The highest BCUT2D eigenvalue weighted by Gasteiger charge is 2.35. The maximum absolute atomic E-state index is 14.1. The van der Waals surface area contributed by atoms with Crippen LogP contribution in [0.25, 0.3) is 0 Å². The maximum atomic E-state index is 14.1. The molecule has 1 aliphatic heterocycles. The predicted octanol–water partition coefficient (Wildman–Crippen LogP) is 3.34. The van der Waals surface area contributed by atoms with Gasteiger partial charge in [0.05, 0.1) is 16.5 Å². The molecular weight excluding hydrogens is 395 g/mol. The van der Waals surface area contributed by atoms with Crippen molar-refractivity contribution in [3.63, 3.8) is 0 Å². The first-order valence-electron chi connectivity index (χ1n) is 9.27. The number of benzene rings is 2. The van der Waals surface area contributed by atoms with Crippen molar-refractivity contribution < 1.29 is 22.4 Å². The summed E-state index contributed by atoms with van der Waals surface area (Å²) in [5, 5.41) is 2.43. The van der Waals surface area contributed by atoms with Gasteiger partial charge in [-0.3, -0.25) is 9.59 Å². The van der Waals surface area contributed by atoms with Crippen LogP contribution in [0, 0.1) is 11.7 Å². The van der Waals surface area contributed by atoms with E-state index in [9.17, 15) is 22.4 Å². The van der Waals surface area contributed by atoms with E-state index in [0.29, 0.717) is 5.92 Å². The monoisotopic (exact) mass is 418 g/mol. The molecule has 29 heavy (non-hydrogen) atoms. The SMILES string of the molecule is CC(C)c1cccc(N2C[C@@H](C(=O)Nc3cc(S(C)(=O)=O)ccc3F)CC2=O)c1. The van der Waals surface area contributed by atoms with Crippen LogP contribution in [0.1, 0.15) is 31.7 Å². The number of hydrogen-bond donors (Lipinski definition) is 1. The summed E-state index contributed by atoms with van der Waals surface area (Å²) in [7, 11) is -3.54. The summed E-state index contributed by atoms with van der Waals surface area (Å²) in [6.45, 7) is 4.29. The van der Waals surface area contributed by atoms with Gasteiger partial charge in [0, 0.05) is 24.9 Å². The maximum Gasteiger partial charge on any atom is 0.229 e. The molecule has 0 saturated carbocycles. The van der Waals surface area contributed by atoms with Gasteiger partial charge in [-0.2, -0.15) is 0 Å². The van der Waals surface area contributed by atoms with Crippen molar-refractivity contribution in [3.05, 3.63) is 53.8 Å². The fourth-order valence-corrected chi connectivity index (χ4v) is 3.90. The van der Waals surface area contributed by atoms with Gasteiger partial charge in [0.15, 0.2) is 9.84 Å². The fourth-order valence-electron chi connectivity index (χ4n) is 3.25. The molecule has 3 rings (SSSR count). The van der Waals surface area contributed by atoms with E-state index >= 15 is 0 Å². The Kier molecular flexibility index (Phi) is 5.75. The number of rotatable bonds is 5. The van der Waals surface area contributed by atoms with E-state index in [1.165, 1.54) is 0 Å². The Bertz CT molecular complexity index is 1070. The predicted molar refractivity (Wildman–Crippen MR) is 109 cm³/mol. The van der Waals surface area contributed by atoms with Crippen molar-refractivity contribution in [2.75, 3.05) is 23.0 Å². The number of sulfone groups is 1. The second-order valence-electron chi connectivity index (χ2n) is 7.56. The van der Waals surface area contributed by atoms with Gasteiger partial charge in [-0.15, -0.1) is 0 Å². The Morgan fingerprint density at radius 1 is 1.21 bits per heavy atom. The molecule has 0 radical (unpaired) electrons. The molecule has 0 aromatic heterocycles. The zero-order valence-corrected chi connectivity index (χ0v) is 17.3. The summed E-state index contributed by atoms with van der Waals surface area (Å²) in [6, 6.07) is 10.8. The first-order chi connectivity index (χ1) is 13.6. The minimum atomic E-state index is -3.54. The fraction of sp³-hybridized carbons (Fsp3) is 0.333. The van der Waals surface area contributed by atoms with E-state index in [2.05, 4.69) is 19.2 Å². The number of halogens is 1. The molecule has 2 aromatic carbocycles. The summed E-state index contributed by atoms with van der Waals surface area (Å²) in [5.74, 6) is -1.80. The van der Waals surface area contributed by atoms with Crippen LogP contribution in [0.4, 0.5) is 15.8 Å². The van der Waals surface area contributed by atoms with Gasteiger partial charge in [-0.25, -0.2) is 12.8 Å². The molecular formula is C21H23FN2O4S. The average molecular weight is 418 g/mol. The van der Waals surface area contributed by atoms with Crippen molar-refractivity contribution in [2.45, 2.75) is 31.1 Å². The lowest BCUT2D eigenvalue weighted by Crippen LogP contribution is -2.28. The quantitative estimate of drug-likeness (QED) is 0.755. The first kappa shape index (κ1) is 21.0. The highest BCUT2D eigenvalue weighted by atomic mass is 32.2. The van der Waals surface area contributed by atoms with Gasteiger partial charge in [0.1, 0.15) is 5.82 Å². The van der Waals surface area contributed by atoms with E-state index < -0.39 is 27.5 Å². The number of amides is 2.